The van der Waals surface area contributed by atoms with E-state index in [0.717, 1.165) is 24.9 Å². The Balaban J connectivity index is 1.62. The molecule has 1 aromatic carbocycles. The maximum atomic E-state index is 12.7. The number of carbonyl (C=O) groups is 1. The van der Waals surface area contributed by atoms with Gasteiger partial charge in [0.15, 0.2) is 11.6 Å². The minimum Gasteiger partial charge on any atom is -0.459 e. The highest BCUT2D eigenvalue weighted by Gasteiger charge is 2.32. The molecule has 1 unspecified atom stereocenters. The van der Waals surface area contributed by atoms with E-state index in [9.17, 15) is 4.79 Å². The van der Waals surface area contributed by atoms with E-state index in [0.29, 0.717) is 23.2 Å². The number of likely N-dealkylation sites (tertiary alicyclic amines) is 1. The van der Waals surface area contributed by atoms with Crippen LogP contribution in [0.2, 0.25) is 5.02 Å². The summed E-state index contributed by atoms with van der Waals surface area (Å²) in [4.78, 5) is 15.9. The molecular weight excluding hydrogens is 342 g/mol. The van der Waals surface area contributed by atoms with Gasteiger partial charge in [0.25, 0.3) is 5.91 Å². The number of benzene rings is 1. The van der Waals surface area contributed by atoms with Crippen molar-refractivity contribution in [2.24, 2.45) is 0 Å². The molecule has 25 heavy (non-hydrogen) atoms. The topological polar surface area (TPSA) is 77.0 Å². The second-order valence-corrected chi connectivity index (χ2v) is 6.34. The quantitative estimate of drug-likeness (QED) is 0.719. The number of piperidine rings is 1. The van der Waals surface area contributed by atoms with Crippen LogP contribution in [-0.2, 0) is 0 Å². The van der Waals surface area contributed by atoms with Gasteiger partial charge in [-0.2, -0.15) is 0 Å². The third kappa shape index (κ3) is 3.15. The summed E-state index contributed by atoms with van der Waals surface area (Å²) in [6.07, 6.45) is 4.26. The fourth-order valence-corrected chi connectivity index (χ4v) is 3.24. The van der Waals surface area contributed by atoms with E-state index in [1.54, 1.807) is 29.2 Å². The molecular formula is C17H16ClN5O2. The molecule has 0 bridgehead atoms. The molecule has 0 spiro atoms. The summed E-state index contributed by atoms with van der Waals surface area (Å²) < 4.78 is 5.25. The number of tetrazole rings is 1. The number of nitrogens with zero attached hydrogens (tertiary/aromatic N) is 5. The molecule has 1 saturated heterocycles. The monoisotopic (exact) mass is 357 g/mol. The molecule has 7 nitrogen and oxygen atoms in total. The van der Waals surface area contributed by atoms with Crippen LogP contribution < -0.4 is 0 Å². The van der Waals surface area contributed by atoms with Gasteiger partial charge in [0, 0.05) is 11.6 Å². The Morgan fingerprint density at radius 3 is 2.96 bits per heavy atom. The minimum absolute atomic E-state index is 0.145. The van der Waals surface area contributed by atoms with Crippen molar-refractivity contribution in [2.45, 2.75) is 25.3 Å². The number of halogens is 1. The number of hydrogen-bond acceptors (Lipinski definition) is 5. The van der Waals surface area contributed by atoms with E-state index >= 15 is 0 Å². The van der Waals surface area contributed by atoms with Gasteiger partial charge in [0.05, 0.1) is 18.0 Å². The molecule has 8 heteroatoms. The van der Waals surface area contributed by atoms with E-state index in [1.165, 1.54) is 11.1 Å². The Morgan fingerprint density at radius 2 is 2.16 bits per heavy atom. The van der Waals surface area contributed by atoms with Crippen LogP contribution in [0.4, 0.5) is 0 Å². The molecule has 128 valence electrons. The van der Waals surface area contributed by atoms with Crippen molar-refractivity contribution < 1.29 is 9.21 Å². The lowest BCUT2D eigenvalue weighted by Gasteiger charge is -2.33. The summed E-state index contributed by atoms with van der Waals surface area (Å²) in [6.45, 7) is 0.649. The SMILES string of the molecule is O=C(c1ccco1)N1CCCCC1c1nnn(-c2cccc(Cl)c2)n1. The normalized spacial score (nSPS) is 17.6. The van der Waals surface area contributed by atoms with Crippen LogP contribution in [0.15, 0.2) is 47.1 Å². The van der Waals surface area contributed by atoms with Crippen LogP contribution in [0.5, 0.6) is 0 Å². The molecule has 0 aliphatic carbocycles. The summed E-state index contributed by atoms with van der Waals surface area (Å²) in [5.74, 6) is 0.711. The summed E-state index contributed by atoms with van der Waals surface area (Å²) in [5.41, 5.74) is 0.728. The Morgan fingerprint density at radius 1 is 1.24 bits per heavy atom. The lowest BCUT2D eigenvalue weighted by Crippen LogP contribution is -2.38. The van der Waals surface area contributed by atoms with Crippen molar-refractivity contribution in [3.8, 4) is 5.69 Å². The van der Waals surface area contributed by atoms with Crippen LogP contribution in [0.1, 0.15) is 41.7 Å². The van der Waals surface area contributed by atoms with Crippen molar-refractivity contribution >= 4 is 17.5 Å². The van der Waals surface area contributed by atoms with Crippen molar-refractivity contribution in [2.75, 3.05) is 6.54 Å². The summed E-state index contributed by atoms with van der Waals surface area (Å²) in [7, 11) is 0. The predicted molar refractivity (Wildman–Crippen MR) is 90.5 cm³/mol. The van der Waals surface area contributed by atoms with Crippen LogP contribution >= 0.6 is 11.6 Å². The summed E-state index contributed by atoms with van der Waals surface area (Å²) in [6, 6.07) is 10.4. The molecule has 1 aliphatic rings. The Hall–Kier alpha value is -2.67. The second-order valence-electron chi connectivity index (χ2n) is 5.90. The fourth-order valence-electron chi connectivity index (χ4n) is 3.05. The molecule has 0 radical (unpaired) electrons. The van der Waals surface area contributed by atoms with Crippen LogP contribution in [-0.4, -0.2) is 37.6 Å². The van der Waals surface area contributed by atoms with Crippen molar-refractivity contribution in [3.63, 3.8) is 0 Å². The van der Waals surface area contributed by atoms with Gasteiger partial charge in [-0.05, 0) is 54.8 Å². The second kappa shape index (κ2) is 6.68. The third-order valence-electron chi connectivity index (χ3n) is 4.26. The Labute approximate surface area is 149 Å². The van der Waals surface area contributed by atoms with Gasteiger partial charge in [-0.25, -0.2) is 0 Å². The highest BCUT2D eigenvalue weighted by atomic mass is 35.5. The standard InChI is InChI=1S/C17H16ClN5O2/c18-12-5-3-6-13(11-12)23-20-16(19-21-23)14-7-1-2-9-22(14)17(24)15-8-4-10-25-15/h3-6,8,10-11,14H,1-2,7,9H2. The van der Waals surface area contributed by atoms with Crippen LogP contribution in [0.3, 0.4) is 0 Å². The van der Waals surface area contributed by atoms with Gasteiger partial charge in [-0.15, -0.1) is 15.0 Å². The molecule has 2 aromatic heterocycles. The molecule has 4 rings (SSSR count). The summed E-state index contributed by atoms with van der Waals surface area (Å²) >= 11 is 6.02. The number of furan rings is 1. The van der Waals surface area contributed by atoms with Gasteiger partial charge in [-0.1, -0.05) is 17.7 Å². The molecule has 1 aliphatic heterocycles. The zero-order valence-corrected chi connectivity index (χ0v) is 14.1. The average molecular weight is 358 g/mol. The molecule has 1 fully saturated rings. The summed E-state index contributed by atoms with van der Waals surface area (Å²) in [5, 5.41) is 13.4. The van der Waals surface area contributed by atoms with E-state index in [4.69, 9.17) is 16.0 Å². The van der Waals surface area contributed by atoms with Crippen LogP contribution in [0.25, 0.3) is 5.69 Å². The van der Waals surface area contributed by atoms with Gasteiger partial charge in [0.1, 0.15) is 0 Å². The van der Waals surface area contributed by atoms with E-state index in [2.05, 4.69) is 15.4 Å². The van der Waals surface area contributed by atoms with Crippen molar-refractivity contribution in [1.29, 1.82) is 0 Å². The van der Waals surface area contributed by atoms with Gasteiger partial charge in [-0.3, -0.25) is 4.79 Å². The smallest absolute Gasteiger partial charge is 0.290 e. The number of amides is 1. The molecule has 0 saturated carbocycles. The molecule has 1 amide bonds. The molecule has 0 N–H and O–H groups in total. The zero-order chi connectivity index (χ0) is 17.2. The number of hydrogen-bond donors (Lipinski definition) is 0. The first kappa shape index (κ1) is 15.8. The van der Waals surface area contributed by atoms with Gasteiger partial charge in [0.2, 0.25) is 0 Å². The number of aromatic nitrogens is 4. The van der Waals surface area contributed by atoms with Crippen molar-refractivity contribution in [1.82, 2.24) is 25.1 Å². The van der Waals surface area contributed by atoms with Crippen molar-refractivity contribution in [3.05, 3.63) is 59.3 Å². The van der Waals surface area contributed by atoms with E-state index in [-0.39, 0.29) is 11.9 Å². The lowest BCUT2D eigenvalue weighted by molar-refractivity contribution is 0.0567. The Bertz CT molecular complexity index is 877. The lowest BCUT2D eigenvalue weighted by atomic mass is 10.0. The molecule has 1 atom stereocenters. The van der Waals surface area contributed by atoms with Gasteiger partial charge >= 0.3 is 0 Å². The van der Waals surface area contributed by atoms with E-state index in [1.807, 2.05) is 12.1 Å². The first-order chi connectivity index (χ1) is 12.2. The molecule has 3 aromatic rings. The van der Waals surface area contributed by atoms with E-state index < -0.39 is 0 Å². The Kier molecular flexibility index (Phi) is 4.23. The highest BCUT2D eigenvalue weighted by molar-refractivity contribution is 6.30. The minimum atomic E-state index is -0.209. The fraction of sp³-hybridized carbons (Fsp3) is 0.294. The molecule has 3 heterocycles. The van der Waals surface area contributed by atoms with Gasteiger partial charge < -0.3 is 9.32 Å². The maximum absolute atomic E-state index is 12.7. The largest absolute Gasteiger partial charge is 0.459 e. The zero-order valence-electron chi connectivity index (χ0n) is 13.4. The highest BCUT2D eigenvalue weighted by Crippen LogP contribution is 2.30. The number of rotatable bonds is 3. The average Bonchev–Trinajstić information content (AvgIpc) is 3.33. The number of carbonyl (C=O) groups excluding carboxylic acids is 1. The first-order valence-electron chi connectivity index (χ1n) is 8.13. The maximum Gasteiger partial charge on any atom is 0.290 e. The first-order valence-corrected chi connectivity index (χ1v) is 8.50. The predicted octanol–water partition coefficient (Wildman–Crippen LogP) is 3.28. The third-order valence-corrected chi connectivity index (χ3v) is 4.50. The van der Waals surface area contributed by atoms with Crippen LogP contribution in [0, 0.1) is 0 Å².